The Bertz CT molecular complexity index is 546. The van der Waals surface area contributed by atoms with E-state index in [1.165, 1.54) is 25.0 Å². The molecule has 5 heteroatoms. The topological polar surface area (TPSA) is 38.1 Å². The number of rotatable bonds is 4. The van der Waals surface area contributed by atoms with Crippen LogP contribution < -0.4 is 5.32 Å². The van der Waals surface area contributed by atoms with Gasteiger partial charge in [0.1, 0.15) is 5.82 Å². The summed E-state index contributed by atoms with van der Waals surface area (Å²) in [5, 5.41) is 3.32. The summed E-state index contributed by atoms with van der Waals surface area (Å²) in [5.41, 5.74) is 0.687. The fourth-order valence-electron chi connectivity index (χ4n) is 1.74. The first-order valence-corrected chi connectivity index (χ1v) is 6.64. The van der Waals surface area contributed by atoms with Crippen LogP contribution in [-0.2, 0) is 6.54 Å². The highest BCUT2D eigenvalue weighted by atomic mass is 79.9. The number of hydrogen-bond acceptors (Lipinski definition) is 3. The van der Waals surface area contributed by atoms with Crippen molar-refractivity contribution in [2.24, 2.45) is 0 Å². The van der Waals surface area contributed by atoms with E-state index in [-0.39, 0.29) is 5.82 Å². The van der Waals surface area contributed by atoms with Gasteiger partial charge in [0.2, 0.25) is 5.89 Å². The summed E-state index contributed by atoms with van der Waals surface area (Å²) in [4.78, 5) is 4.18. The molecular weight excluding hydrogens is 299 g/mol. The van der Waals surface area contributed by atoms with Crippen LogP contribution in [0.3, 0.4) is 0 Å². The SMILES string of the molecule is Fc1cc(Br)cc(-c2cnc(CNC3CC3)o2)c1. The predicted molar refractivity (Wildman–Crippen MR) is 69.5 cm³/mol. The van der Waals surface area contributed by atoms with Gasteiger partial charge in [0.25, 0.3) is 0 Å². The Morgan fingerprint density at radius 3 is 2.94 bits per heavy atom. The van der Waals surface area contributed by atoms with Crippen molar-refractivity contribution in [1.29, 1.82) is 0 Å². The molecule has 0 radical (unpaired) electrons. The Balaban J connectivity index is 1.78. The van der Waals surface area contributed by atoms with Crippen LogP contribution in [0.4, 0.5) is 4.39 Å². The zero-order valence-corrected chi connectivity index (χ0v) is 11.2. The highest BCUT2D eigenvalue weighted by Gasteiger charge is 2.21. The number of aromatic nitrogens is 1. The molecule has 1 fully saturated rings. The average Bonchev–Trinajstić information content (AvgIpc) is 3.02. The molecule has 1 aliphatic carbocycles. The molecule has 3 nitrogen and oxygen atoms in total. The van der Waals surface area contributed by atoms with Gasteiger partial charge in [-0.15, -0.1) is 0 Å². The van der Waals surface area contributed by atoms with Gasteiger partial charge in [0.15, 0.2) is 5.76 Å². The van der Waals surface area contributed by atoms with Gasteiger partial charge in [-0.1, -0.05) is 15.9 Å². The predicted octanol–water partition coefficient (Wildman–Crippen LogP) is 3.50. The van der Waals surface area contributed by atoms with Crippen molar-refractivity contribution in [2.45, 2.75) is 25.4 Å². The van der Waals surface area contributed by atoms with E-state index in [9.17, 15) is 4.39 Å². The molecule has 0 bridgehead atoms. The normalized spacial score (nSPS) is 15.0. The third-order valence-corrected chi connectivity index (χ3v) is 3.28. The summed E-state index contributed by atoms with van der Waals surface area (Å²) in [7, 11) is 0. The van der Waals surface area contributed by atoms with Crippen molar-refractivity contribution in [3.8, 4) is 11.3 Å². The lowest BCUT2D eigenvalue weighted by atomic mass is 10.2. The third kappa shape index (κ3) is 2.79. The highest BCUT2D eigenvalue weighted by Crippen LogP contribution is 2.25. The highest BCUT2D eigenvalue weighted by molar-refractivity contribution is 9.10. The maximum Gasteiger partial charge on any atom is 0.208 e. The van der Waals surface area contributed by atoms with Gasteiger partial charge in [-0.2, -0.15) is 0 Å². The van der Waals surface area contributed by atoms with Crippen molar-refractivity contribution < 1.29 is 8.81 Å². The molecule has 2 aromatic rings. The van der Waals surface area contributed by atoms with Crippen LogP contribution in [-0.4, -0.2) is 11.0 Å². The standard InChI is InChI=1S/C13H12BrFN2O/c14-9-3-8(4-10(15)5-9)12-6-17-13(18-12)7-16-11-1-2-11/h3-6,11,16H,1-2,7H2. The second kappa shape index (κ2) is 4.82. The van der Waals surface area contributed by atoms with Gasteiger partial charge in [0, 0.05) is 16.1 Å². The molecular formula is C13H12BrFN2O. The van der Waals surface area contributed by atoms with Crippen LogP contribution in [0.25, 0.3) is 11.3 Å². The quantitative estimate of drug-likeness (QED) is 0.939. The molecule has 1 saturated carbocycles. The van der Waals surface area contributed by atoms with Crippen LogP contribution in [0.1, 0.15) is 18.7 Å². The molecule has 0 aliphatic heterocycles. The molecule has 1 heterocycles. The molecule has 18 heavy (non-hydrogen) atoms. The van der Waals surface area contributed by atoms with E-state index in [4.69, 9.17) is 4.42 Å². The average molecular weight is 311 g/mol. The molecule has 0 atom stereocenters. The van der Waals surface area contributed by atoms with Crippen LogP contribution in [0.15, 0.2) is 33.3 Å². The molecule has 0 saturated heterocycles. The lowest BCUT2D eigenvalue weighted by Crippen LogP contribution is -2.15. The van der Waals surface area contributed by atoms with Crippen molar-refractivity contribution in [1.82, 2.24) is 10.3 Å². The Labute approximate surface area is 113 Å². The minimum Gasteiger partial charge on any atom is -0.439 e. The number of oxazole rings is 1. The minimum absolute atomic E-state index is 0.298. The van der Waals surface area contributed by atoms with E-state index >= 15 is 0 Å². The van der Waals surface area contributed by atoms with Crippen LogP contribution in [0, 0.1) is 5.82 Å². The zero-order chi connectivity index (χ0) is 12.5. The smallest absolute Gasteiger partial charge is 0.208 e. The van der Waals surface area contributed by atoms with Gasteiger partial charge < -0.3 is 9.73 Å². The lowest BCUT2D eigenvalue weighted by Gasteiger charge is -1.99. The minimum atomic E-state index is -0.298. The molecule has 0 unspecified atom stereocenters. The van der Waals surface area contributed by atoms with Crippen LogP contribution in [0.5, 0.6) is 0 Å². The Morgan fingerprint density at radius 2 is 2.22 bits per heavy atom. The Morgan fingerprint density at radius 1 is 1.39 bits per heavy atom. The van der Waals surface area contributed by atoms with Crippen molar-refractivity contribution in [3.05, 3.63) is 40.6 Å². The van der Waals surface area contributed by atoms with Gasteiger partial charge in [-0.3, -0.25) is 0 Å². The summed E-state index contributed by atoms with van der Waals surface area (Å²) in [6.07, 6.45) is 4.08. The summed E-state index contributed by atoms with van der Waals surface area (Å²) < 4.78 is 19.6. The van der Waals surface area contributed by atoms with E-state index in [0.717, 1.165) is 0 Å². The van der Waals surface area contributed by atoms with Gasteiger partial charge in [0.05, 0.1) is 12.7 Å². The summed E-state index contributed by atoms with van der Waals surface area (Å²) in [6.45, 7) is 0.626. The number of benzene rings is 1. The summed E-state index contributed by atoms with van der Waals surface area (Å²) in [6, 6.07) is 5.27. The van der Waals surface area contributed by atoms with Crippen LogP contribution in [0.2, 0.25) is 0 Å². The molecule has 94 valence electrons. The van der Waals surface area contributed by atoms with Crippen molar-refractivity contribution >= 4 is 15.9 Å². The summed E-state index contributed by atoms with van der Waals surface area (Å²) >= 11 is 3.26. The maximum absolute atomic E-state index is 13.3. The Kier molecular flexibility index (Phi) is 3.18. The van der Waals surface area contributed by atoms with E-state index in [1.54, 1.807) is 6.20 Å². The first-order chi connectivity index (χ1) is 8.70. The molecule has 1 aromatic carbocycles. The second-order valence-electron chi connectivity index (χ2n) is 4.43. The fraction of sp³-hybridized carbons (Fsp3) is 0.308. The van der Waals surface area contributed by atoms with E-state index in [0.29, 0.717) is 34.3 Å². The molecule has 0 spiro atoms. The Hall–Kier alpha value is -1.20. The van der Waals surface area contributed by atoms with Gasteiger partial charge >= 0.3 is 0 Å². The van der Waals surface area contributed by atoms with E-state index < -0.39 is 0 Å². The maximum atomic E-state index is 13.3. The van der Waals surface area contributed by atoms with E-state index in [2.05, 4.69) is 26.2 Å². The zero-order valence-electron chi connectivity index (χ0n) is 9.62. The fourth-order valence-corrected chi connectivity index (χ4v) is 2.21. The van der Waals surface area contributed by atoms with Crippen molar-refractivity contribution in [3.63, 3.8) is 0 Å². The monoisotopic (exact) mass is 310 g/mol. The largest absolute Gasteiger partial charge is 0.439 e. The first-order valence-electron chi connectivity index (χ1n) is 5.85. The molecule has 0 amide bonds. The molecule has 1 N–H and O–H groups in total. The number of hydrogen-bond donors (Lipinski definition) is 1. The van der Waals surface area contributed by atoms with Gasteiger partial charge in [-0.25, -0.2) is 9.37 Å². The molecule has 1 aliphatic rings. The van der Waals surface area contributed by atoms with Gasteiger partial charge in [-0.05, 0) is 31.0 Å². The third-order valence-electron chi connectivity index (χ3n) is 2.82. The first kappa shape index (κ1) is 11.9. The van der Waals surface area contributed by atoms with Crippen LogP contribution >= 0.6 is 15.9 Å². The summed E-state index contributed by atoms with van der Waals surface area (Å²) in [5.74, 6) is 0.925. The van der Waals surface area contributed by atoms with E-state index in [1.807, 2.05) is 6.07 Å². The second-order valence-corrected chi connectivity index (χ2v) is 5.35. The number of nitrogens with one attached hydrogen (secondary N) is 1. The number of nitrogens with zero attached hydrogens (tertiary/aromatic N) is 1. The van der Waals surface area contributed by atoms with Crippen molar-refractivity contribution in [2.75, 3.05) is 0 Å². The lowest BCUT2D eigenvalue weighted by molar-refractivity contribution is 0.476. The number of halogens is 2. The molecule has 3 rings (SSSR count). The molecule has 1 aromatic heterocycles.